The summed E-state index contributed by atoms with van der Waals surface area (Å²) in [6.45, 7) is 9.35. The molecule has 2 atom stereocenters. The maximum Gasteiger partial charge on any atom is 0.360 e. The fraction of sp³-hybridized carbons (Fsp3) is 0.448. The first-order valence-corrected chi connectivity index (χ1v) is 16.1. The molecule has 1 spiro atoms. The van der Waals surface area contributed by atoms with Crippen LogP contribution in [0.2, 0.25) is 5.02 Å². The van der Waals surface area contributed by atoms with Crippen LogP contribution in [0.1, 0.15) is 72.5 Å². The number of aromatic nitrogens is 3. The first-order chi connectivity index (χ1) is 19.6. The van der Waals surface area contributed by atoms with E-state index in [0.717, 1.165) is 19.3 Å². The van der Waals surface area contributed by atoms with E-state index in [1.165, 1.54) is 28.5 Å². The Morgan fingerprint density at radius 3 is 2.76 bits per heavy atom. The second-order valence-corrected chi connectivity index (χ2v) is 14.6. The van der Waals surface area contributed by atoms with E-state index in [9.17, 15) is 9.00 Å². The highest BCUT2D eigenvalue weighted by atomic mass is 35.5. The zero-order chi connectivity index (χ0) is 29.1. The summed E-state index contributed by atoms with van der Waals surface area (Å²) in [5.41, 5.74) is 10.5. The molecular weight excluding hydrogens is 580 g/mol. The van der Waals surface area contributed by atoms with Crippen LogP contribution in [0.5, 0.6) is 0 Å². The topological polar surface area (TPSA) is 123 Å². The van der Waals surface area contributed by atoms with E-state index in [-0.39, 0.29) is 29.6 Å². The van der Waals surface area contributed by atoms with Crippen molar-refractivity contribution in [1.82, 2.24) is 19.7 Å². The van der Waals surface area contributed by atoms with Gasteiger partial charge in [0.25, 0.3) is 0 Å². The molecule has 12 heteroatoms. The molecule has 41 heavy (non-hydrogen) atoms. The third kappa shape index (κ3) is 4.70. The molecule has 1 aromatic carbocycles. The van der Waals surface area contributed by atoms with Gasteiger partial charge in [-0.1, -0.05) is 41.6 Å². The van der Waals surface area contributed by atoms with Crippen molar-refractivity contribution < 1.29 is 13.7 Å². The molecular formula is C29H33ClN6O3S2. The van der Waals surface area contributed by atoms with Crippen LogP contribution in [-0.4, -0.2) is 44.8 Å². The molecule has 3 aromatic rings. The van der Waals surface area contributed by atoms with Crippen molar-refractivity contribution in [3.05, 3.63) is 63.6 Å². The molecule has 1 saturated heterocycles. The van der Waals surface area contributed by atoms with E-state index in [1.54, 1.807) is 19.2 Å². The van der Waals surface area contributed by atoms with Crippen LogP contribution < -0.4 is 15.4 Å². The standard InChI is InChI=1S/C29H33ClN6O3S2/c1-5-39-27(37)22-25(33-16(2)26(34-22)40-19-9-12-32-24(31)21(19)30)36-13-10-29(11-14-36)15-17-7-6-8-18-20(17)23(29)35-41(38)28(18,3)4/h6-9,12,23,35H,5,10-11,13-15H2,1-4H3,(H2,31,32)/t23-,41+/m1/s1. The lowest BCUT2D eigenvalue weighted by Gasteiger charge is -2.46. The van der Waals surface area contributed by atoms with Gasteiger partial charge in [0.15, 0.2) is 11.5 Å². The molecule has 6 rings (SSSR count). The first-order valence-electron chi connectivity index (χ1n) is 13.7. The van der Waals surface area contributed by atoms with Crippen LogP contribution in [0, 0.1) is 12.3 Å². The van der Waals surface area contributed by atoms with Gasteiger partial charge in [-0.15, -0.1) is 0 Å². The number of rotatable bonds is 5. The second-order valence-electron chi connectivity index (χ2n) is 11.4. The smallest absolute Gasteiger partial charge is 0.360 e. The summed E-state index contributed by atoms with van der Waals surface area (Å²) in [5, 5.41) is 0.885. The molecule has 3 aliphatic rings. The summed E-state index contributed by atoms with van der Waals surface area (Å²) in [4.78, 5) is 29.6. The summed E-state index contributed by atoms with van der Waals surface area (Å²) in [6, 6.07) is 8.24. The molecule has 1 aliphatic carbocycles. The van der Waals surface area contributed by atoms with Crippen molar-refractivity contribution in [2.45, 2.75) is 67.7 Å². The number of nitrogen functional groups attached to an aromatic ring is 1. The minimum Gasteiger partial charge on any atom is -0.461 e. The third-order valence-electron chi connectivity index (χ3n) is 8.60. The Balaban J connectivity index is 1.30. The predicted molar refractivity (Wildman–Crippen MR) is 162 cm³/mol. The number of hydrogen-bond acceptors (Lipinski definition) is 9. The second kappa shape index (κ2) is 10.5. The van der Waals surface area contributed by atoms with Gasteiger partial charge in [-0.25, -0.2) is 28.7 Å². The molecule has 216 valence electrons. The number of ether oxygens (including phenoxy) is 1. The van der Waals surface area contributed by atoms with Crippen LogP contribution in [-0.2, 0) is 26.9 Å². The lowest BCUT2D eigenvalue weighted by molar-refractivity contribution is 0.0518. The number of benzene rings is 1. The van der Waals surface area contributed by atoms with Crippen molar-refractivity contribution in [3.63, 3.8) is 0 Å². The summed E-state index contributed by atoms with van der Waals surface area (Å²) in [7, 11) is -1.19. The van der Waals surface area contributed by atoms with Crippen molar-refractivity contribution in [1.29, 1.82) is 0 Å². The van der Waals surface area contributed by atoms with E-state index < -0.39 is 21.7 Å². The molecule has 2 aromatic heterocycles. The molecule has 0 saturated carbocycles. The fourth-order valence-electron chi connectivity index (χ4n) is 6.36. The van der Waals surface area contributed by atoms with Gasteiger partial charge in [0.05, 0.1) is 28.1 Å². The van der Waals surface area contributed by atoms with Crippen LogP contribution in [0.15, 0.2) is 40.4 Å². The van der Waals surface area contributed by atoms with Gasteiger partial charge in [0.2, 0.25) is 0 Å². The molecule has 4 heterocycles. The largest absolute Gasteiger partial charge is 0.461 e. The quantitative estimate of drug-likeness (QED) is 0.377. The Labute approximate surface area is 251 Å². The number of aryl methyl sites for hydroxylation is 1. The van der Waals surface area contributed by atoms with E-state index in [1.807, 2.05) is 20.8 Å². The number of fused-ring (bicyclic) bond motifs is 1. The molecule has 0 unspecified atom stereocenters. The Hall–Kier alpha value is -2.73. The highest BCUT2D eigenvalue weighted by Gasteiger charge is 2.54. The van der Waals surface area contributed by atoms with Crippen molar-refractivity contribution >= 4 is 52.0 Å². The number of halogens is 1. The number of pyridine rings is 1. The average Bonchev–Trinajstić information content (AvgIpc) is 3.24. The van der Waals surface area contributed by atoms with Crippen LogP contribution in [0.25, 0.3) is 0 Å². The lowest BCUT2D eigenvalue weighted by Crippen LogP contribution is -2.50. The van der Waals surface area contributed by atoms with Crippen LogP contribution >= 0.6 is 23.4 Å². The molecule has 0 radical (unpaired) electrons. The zero-order valence-electron chi connectivity index (χ0n) is 23.5. The number of carbonyl (C=O) groups is 1. The SMILES string of the molecule is CCOC(=O)c1nc(Sc2ccnc(N)c2Cl)c(C)nc1N1CCC2(CC1)Cc1cccc3c1[C@H]2N[S@@](=O)C3(C)C. The summed E-state index contributed by atoms with van der Waals surface area (Å²) < 4.78 is 21.8. The number of nitrogens with two attached hydrogens (primary N) is 1. The predicted octanol–water partition coefficient (Wildman–Crippen LogP) is 5.13. The number of esters is 1. The van der Waals surface area contributed by atoms with Gasteiger partial charge in [-0.05, 0) is 75.1 Å². The van der Waals surface area contributed by atoms with Gasteiger partial charge in [0.1, 0.15) is 21.8 Å². The number of piperidine rings is 1. The van der Waals surface area contributed by atoms with Crippen molar-refractivity contribution in [3.8, 4) is 0 Å². The normalized spacial score (nSPS) is 22.0. The number of hydrogen-bond donors (Lipinski definition) is 2. The molecule has 9 nitrogen and oxygen atoms in total. The van der Waals surface area contributed by atoms with E-state index in [4.69, 9.17) is 32.0 Å². The molecule has 1 fully saturated rings. The average molecular weight is 613 g/mol. The van der Waals surface area contributed by atoms with Crippen molar-refractivity contribution in [2.24, 2.45) is 5.41 Å². The summed E-state index contributed by atoms with van der Waals surface area (Å²) in [6.07, 6.45) is 4.25. The Kier molecular flexibility index (Phi) is 7.28. The maximum atomic E-state index is 13.3. The highest BCUT2D eigenvalue weighted by molar-refractivity contribution is 7.99. The monoisotopic (exact) mass is 612 g/mol. The number of nitrogens with zero attached hydrogens (tertiary/aromatic N) is 4. The van der Waals surface area contributed by atoms with Gasteiger partial charge in [0, 0.05) is 24.2 Å². The van der Waals surface area contributed by atoms with Crippen molar-refractivity contribution in [2.75, 3.05) is 30.3 Å². The number of nitrogens with one attached hydrogen (secondary N) is 1. The zero-order valence-corrected chi connectivity index (χ0v) is 25.9. The Morgan fingerprint density at radius 2 is 2.02 bits per heavy atom. The number of anilines is 2. The van der Waals surface area contributed by atoms with Gasteiger partial charge < -0.3 is 15.4 Å². The Bertz CT molecular complexity index is 1570. The molecule has 0 bridgehead atoms. The molecule has 0 amide bonds. The van der Waals surface area contributed by atoms with Gasteiger partial charge in [-0.2, -0.15) is 0 Å². The number of carbonyl (C=O) groups excluding carboxylic acids is 1. The van der Waals surface area contributed by atoms with E-state index in [0.29, 0.717) is 39.5 Å². The minimum absolute atomic E-state index is 0.0402. The van der Waals surface area contributed by atoms with Gasteiger partial charge >= 0.3 is 5.97 Å². The van der Waals surface area contributed by atoms with Crippen LogP contribution in [0.4, 0.5) is 11.6 Å². The Morgan fingerprint density at radius 1 is 1.27 bits per heavy atom. The summed E-state index contributed by atoms with van der Waals surface area (Å²) >= 11 is 7.67. The lowest BCUT2D eigenvalue weighted by atomic mass is 9.72. The highest BCUT2D eigenvalue weighted by Crippen LogP contribution is 2.57. The maximum absolute atomic E-state index is 13.3. The van der Waals surface area contributed by atoms with E-state index in [2.05, 4.69) is 32.8 Å². The summed E-state index contributed by atoms with van der Waals surface area (Å²) in [5.74, 6) is 0.243. The first kappa shape index (κ1) is 28.4. The van der Waals surface area contributed by atoms with E-state index >= 15 is 0 Å². The minimum atomic E-state index is -1.19. The molecule has 2 aliphatic heterocycles. The van der Waals surface area contributed by atoms with Gasteiger partial charge in [-0.3, -0.25) is 0 Å². The third-order valence-corrected chi connectivity index (χ3v) is 11.8. The van der Waals surface area contributed by atoms with Crippen LogP contribution in [0.3, 0.4) is 0 Å². The molecule has 3 N–H and O–H groups in total. The fourth-order valence-corrected chi connectivity index (χ4v) is 8.70.